The molecule has 7 nitrogen and oxygen atoms in total. The van der Waals surface area contributed by atoms with Crippen molar-refractivity contribution in [1.29, 1.82) is 0 Å². The number of methoxy groups -OCH3 is 1. The molecule has 28 heavy (non-hydrogen) atoms. The van der Waals surface area contributed by atoms with Crippen LogP contribution in [0.1, 0.15) is 25.7 Å². The Labute approximate surface area is 182 Å². The Kier molecular flexibility index (Phi) is 9.94. The number of anilines is 1. The summed E-state index contributed by atoms with van der Waals surface area (Å²) in [5, 5.41) is 6.61. The van der Waals surface area contributed by atoms with E-state index >= 15 is 0 Å². The van der Waals surface area contributed by atoms with Gasteiger partial charge in [0.2, 0.25) is 5.91 Å². The molecule has 1 aromatic rings. The number of piperidine rings is 2. The molecule has 0 aliphatic carbocycles. The Hall–Kier alpha value is -1.12. The van der Waals surface area contributed by atoms with E-state index in [0.717, 1.165) is 13.1 Å². The van der Waals surface area contributed by atoms with Crippen molar-refractivity contribution in [2.45, 2.75) is 31.3 Å². The number of nitrogens with one attached hydrogen (secondary N) is 2. The summed E-state index contributed by atoms with van der Waals surface area (Å²) in [5.74, 6) is 0.365. The van der Waals surface area contributed by atoms with Crippen LogP contribution in [0.2, 0.25) is 5.02 Å². The van der Waals surface area contributed by atoms with Gasteiger partial charge in [0.25, 0.3) is 5.91 Å². The molecule has 0 spiro atoms. The van der Waals surface area contributed by atoms with Crippen LogP contribution in [0.25, 0.3) is 0 Å². The largest absolute Gasteiger partial charge is 0.368 e. The van der Waals surface area contributed by atoms with Crippen molar-refractivity contribution in [3.63, 3.8) is 0 Å². The van der Waals surface area contributed by atoms with Gasteiger partial charge in [0.1, 0.15) is 11.4 Å². The fourth-order valence-corrected chi connectivity index (χ4v) is 3.76. The van der Waals surface area contributed by atoms with Crippen LogP contribution in [-0.4, -0.2) is 60.6 Å². The van der Waals surface area contributed by atoms with Gasteiger partial charge in [-0.3, -0.25) is 9.59 Å². The molecular formula is C18H27Cl3N4O3. The predicted molar refractivity (Wildman–Crippen MR) is 114 cm³/mol. The fraction of sp³-hybridized carbons (Fsp3) is 0.611. The molecule has 2 amide bonds. The first kappa shape index (κ1) is 24.9. The van der Waals surface area contributed by atoms with Gasteiger partial charge in [0, 0.05) is 32.3 Å². The van der Waals surface area contributed by atoms with E-state index in [1.165, 1.54) is 6.20 Å². The molecular weight excluding hydrogens is 427 g/mol. The van der Waals surface area contributed by atoms with Crippen molar-refractivity contribution >= 4 is 54.0 Å². The van der Waals surface area contributed by atoms with E-state index in [-0.39, 0.29) is 42.5 Å². The molecule has 158 valence electrons. The van der Waals surface area contributed by atoms with E-state index < -0.39 is 5.60 Å². The van der Waals surface area contributed by atoms with Crippen LogP contribution >= 0.6 is 36.4 Å². The van der Waals surface area contributed by atoms with Crippen molar-refractivity contribution in [1.82, 2.24) is 15.2 Å². The summed E-state index contributed by atoms with van der Waals surface area (Å²) in [6, 6.07) is 3.37. The Bertz CT molecular complexity index is 646. The van der Waals surface area contributed by atoms with Gasteiger partial charge in [0.05, 0.1) is 5.02 Å². The second-order valence-corrected chi connectivity index (χ2v) is 7.30. The van der Waals surface area contributed by atoms with Crippen molar-refractivity contribution in [3.05, 3.63) is 23.4 Å². The Balaban J connectivity index is 0.00000196. The minimum absolute atomic E-state index is 0. The highest BCUT2D eigenvalue weighted by Gasteiger charge is 2.43. The minimum Gasteiger partial charge on any atom is -0.368 e. The Morgan fingerprint density at radius 2 is 1.89 bits per heavy atom. The first-order valence-electron chi connectivity index (χ1n) is 9.02. The van der Waals surface area contributed by atoms with Crippen LogP contribution in [0.15, 0.2) is 18.3 Å². The van der Waals surface area contributed by atoms with Crippen LogP contribution in [0, 0.1) is 5.92 Å². The second kappa shape index (κ2) is 11.2. The molecule has 10 heteroatoms. The Morgan fingerprint density at radius 1 is 1.25 bits per heavy atom. The lowest BCUT2D eigenvalue weighted by Gasteiger charge is -2.41. The summed E-state index contributed by atoms with van der Waals surface area (Å²) >= 11 is 5.80. The van der Waals surface area contributed by atoms with Crippen molar-refractivity contribution < 1.29 is 14.3 Å². The zero-order chi connectivity index (χ0) is 18.6. The maximum atomic E-state index is 13.0. The van der Waals surface area contributed by atoms with Gasteiger partial charge < -0.3 is 20.3 Å². The third-order valence-corrected chi connectivity index (χ3v) is 5.55. The minimum atomic E-state index is -0.715. The van der Waals surface area contributed by atoms with Gasteiger partial charge in [-0.25, -0.2) is 4.98 Å². The van der Waals surface area contributed by atoms with Gasteiger partial charge >= 0.3 is 0 Å². The third kappa shape index (κ3) is 5.70. The second-order valence-electron chi connectivity index (χ2n) is 6.87. The molecule has 0 aromatic carbocycles. The van der Waals surface area contributed by atoms with Gasteiger partial charge in [0.15, 0.2) is 0 Å². The lowest BCUT2D eigenvalue weighted by Crippen LogP contribution is -2.57. The Morgan fingerprint density at radius 3 is 2.43 bits per heavy atom. The smallest absolute Gasteiger partial charge is 0.254 e. The highest BCUT2D eigenvalue weighted by molar-refractivity contribution is 6.30. The summed E-state index contributed by atoms with van der Waals surface area (Å²) in [7, 11) is 1.61. The molecule has 2 N–H and O–H groups in total. The number of hydrogen-bond acceptors (Lipinski definition) is 5. The number of carbonyl (C=O) groups excluding carboxylic acids is 2. The van der Waals surface area contributed by atoms with E-state index in [0.29, 0.717) is 49.6 Å². The zero-order valence-corrected chi connectivity index (χ0v) is 18.2. The first-order valence-corrected chi connectivity index (χ1v) is 9.39. The summed E-state index contributed by atoms with van der Waals surface area (Å²) < 4.78 is 5.63. The fourth-order valence-electron chi connectivity index (χ4n) is 3.65. The number of halogens is 3. The van der Waals surface area contributed by atoms with E-state index in [1.54, 1.807) is 19.2 Å². The molecule has 0 atom stereocenters. The molecule has 0 radical (unpaired) electrons. The standard InChI is InChI=1S/C18H25ClN4O3.2ClH/c1-26-18(6-8-20-9-7-18)17(25)23-10-4-13(5-11-23)16(24)22-15-3-2-14(19)12-21-15;;/h2-3,12-13,20H,4-11H2,1H3,(H,21,22,24);2*1H. The van der Waals surface area contributed by atoms with E-state index in [2.05, 4.69) is 15.6 Å². The molecule has 1 aromatic heterocycles. The summed E-state index contributed by atoms with van der Waals surface area (Å²) in [4.78, 5) is 31.3. The van der Waals surface area contributed by atoms with Crippen LogP contribution in [0.4, 0.5) is 5.82 Å². The van der Waals surface area contributed by atoms with E-state index in [4.69, 9.17) is 16.3 Å². The third-order valence-electron chi connectivity index (χ3n) is 5.32. The molecule has 2 aliphatic rings. The van der Waals surface area contributed by atoms with Crippen molar-refractivity contribution in [2.24, 2.45) is 5.92 Å². The van der Waals surface area contributed by atoms with Crippen molar-refractivity contribution in [2.75, 3.05) is 38.6 Å². The quantitative estimate of drug-likeness (QED) is 0.732. The number of carbonyl (C=O) groups is 2. The van der Waals surface area contributed by atoms with Gasteiger partial charge in [-0.05, 0) is 50.9 Å². The maximum Gasteiger partial charge on any atom is 0.254 e. The number of amides is 2. The average Bonchev–Trinajstić information content (AvgIpc) is 2.69. The number of likely N-dealkylation sites (tertiary alicyclic amines) is 1. The SMILES string of the molecule is COC1(C(=O)N2CCC(C(=O)Nc3ccc(Cl)cn3)CC2)CCNCC1.Cl.Cl. The maximum absolute atomic E-state index is 13.0. The number of rotatable bonds is 4. The topological polar surface area (TPSA) is 83.6 Å². The average molecular weight is 454 g/mol. The van der Waals surface area contributed by atoms with Gasteiger partial charge in [-0.2, -0.15) is 0 Å². The summed E-state index contributed by atoms with van der Waals surface area (Å²) in [5.41, 5.74) is -0.715. The molecule has 0 unspecified atom stereocenters. The van der Waals surface area contributed by atoms with Gasteiger partial charge in [-0.1, -0.05) is 11.6 Å². The lowest BCUT2D eigenvalue weighted by molar-refractivity contribution is -0.160. The van der Waals surface area contributed by atoms with E-state index in [9.17, 15) is 9.59 Å². The number of hydrogen-bond donors (Lipinski definition) is 2. The van der Waals surface area contributed by atoms with Crippen LogP contribution < -0.4 is 10.6 Å². The van der Waals surface area contributed by atoms with Crippen LogP contribution in [0.5, 0.6) is 0 Å². The first-order chi connectivity index (χ1) is 12.5. The van der Waals surface area contributed by atoms with Crippen LogP contribution in [0.3, 0.4) is 0 Å². The number of nitrogens with zero attached hydrogens (tertiary/aromatic N) is 2. The summed E-state index contributed by atoms with van der Waals surface area (Å²) in [6.45, 7) is 2.71. The lowest BCUT2D eigenvalue weighted by atomic mass is 9.88. The molecule has 2 saturated heterocycles. The zero-order valence-electron chi connectivity index (χ0n) is 15.8. The monoisotopic (exact) mass is 452 g/mol. The molecule has 3 heterocycles. The van der Waals surface area contributed by atoms with E-state index in [1.807, 2.05) is 4.90 Å². The normalized spacial score (nSPS) is 19.1. The molecule has 2 fully saturated rings. The molecule has 0 saturated carbocycles. The number of ether oxygens (including phenoxy) is 1. The predicted octanol–water partition coefficient (Wildman–Crippen LogP) is 2.52. The number of aromatic nitrogens is 1. The molecule has 3 rings (SSSR count). The van der Waals surface area contributed by atoms with Crippen LogP contribution in [-0.2, 0) is 14.3 Å². The number of pyridine rings is 1. The summed E-state index contributed by atoms with van der Waals surface area (Å²) in [6.07, 6.45) is 4.16. The highest BCUT2D eigenvalue weighted by atomic mass is 35.5. The highest BCUT2D eigenvalue weighted by Crippen LogP contribution is 2.28. The molecule has 0 bridgehead atoms. The molecule has 2 aliphatic heterocycles. The van der Waals surface area contributed by atoms with Crippen molar-refractivity contribution in [3.8, 4) is 0 Å². The van der Waals surface area contributed by atoms with Gasteiger partial charge in [-0.15, -0.1) is 24.8 Å².